The molecule has 8 aromatic carbocycles. The maximum absolute atomic E-state index is 6.84. The van der Waals surface area contributed by atoms with E-state index in [2.05, 4.69) is 194 Å². The fourth-order valence-electron chi connectivity index (χ4n) is 7.32. The van der Waals surface area contributed by atoms with E-state index in [1.807, 2.05) is 0 Å². The SMILES string of the molecule is c1ccc(P(CCCOc2ccc3ccccc3c2-c2c(OCCCP(c3ccccc3)c3ccccc3)ccc3ccccc23)c2ccccc2)cc1. The van der Waals surface area contributed by atoms with Crippen LogP contribution in [0.5, 0.6) is 11.5 Å². The lowest BCUT2D eigenvalue weighted by Crippen LogP contribution is -2.15. The predicted molar refractivity (Wildman–Crippen MR) is 235 cm³/mol. The summed E-state index contributed by atoms with van der Waals surface area (Å²) in [5, 5.41) is 10.3. The number of hydrogen-bond donors (Lipinski definition) is 0. The van der Waals surface area contributed by atoms with Gasteiger partial charge in [-0.25, -0.2) is 0 Å². The van der Waals surface area contributed by atoms with Gasteiger partial charge in [-0.05, 0) is 95.9 Å². The average Bonchev–Trinajstić information content (AvgIpc) is 3.25. The van der Waals surface area contributed by atoms with Crippen molar-refractivity contribution in [3.05, 3.63) is 194 Å². The maximum atomic E-state index is 6.84. The normalized spacial score (nSPS) is 11.4. The molecule has 0 N–H and O–H groups in total. The lowest BCUT2D eigenvalue weighted by molar-refractivity contribution is 0.315. The number of rotatable bonds is 15. The van der Waals surface area contributed by atoms with Gasteiger partial charge in [0.25, 0.3) is 0 Å². The molecule has 0 radical (unpaired) electrons. The van der Waals surface area contributed by atoms with Gasteiger partial charge in [-0.15, -0.1) is 0 Å². The highest BCUT2D eigenvalue weighted by atomic mass is 31.1. The highest BCUT2D eigenvalue weighted by Gasteiger charge is 2.20. The Hall–Kier alpha value is -5.26. The van der Waals surface area contributed by atoms with Gasteiger partial charge in [0, 0.05) is 11.1 Å². The van der Waals surface area contributed by atoms with Crippen molar-refractivity contribution in [3.63, 3.8) is 0 Å². The minimum atomic E-state index is -0.482. The number of ether oxygens (including phenoxy) is 2. The summed E-state index contributed by atoms with van der Waals surface area (Å²) in [5.74, 6) is 1.80. The molecule has 2 nitrogen and oxygen atoms in total. The van der Waals surface area contributed by atoms with Crippen molar-refractivity contribution >= 4 is 58.6 Å². The predicted octanol–water partition coefficient (Wildman–Crippen LogP) is 11.5. The molecule has 0 unspecified atom stereocenters. The first kappa shape index (κ1) is 35.8. The van der Waals surface area contributed by atoms with Gasteiger partial charge in [0.1, 0.15) is 11.5 Å². The van der Waals surface area contributed by atoms with Crippen LogP contribution in [0.25, 0.3) is 32.7 Å². The number of hydrogen-bond acceptors (Lipinski definition) is 2. The zero-order valence-corrected chi connectivity index (χ0v) is 32.2. The molecular weight excluding hydrogens is 694 g/mol. The Morgan fingerprint density at radius 1 is 0.315 bits per heavy atom. The molecule has 0 aromatic heterocycles. The van der Waals surface area contributed by atoms with Gasteiger partial charge in [0.05, 0.1) is 13.2 Å². The molecule has 0 aliphatic heterocycles. The molecule has 0 aliphatic carbocycles. The van der Waals surface area contributed by atoms with Crippen LogP contribution in [0.4, 0.5) is 0 Å². The van der Waals surface area contributed by atoms with Gasteiger partial charge in [-0.3, -0.25) is 0 Å². The molecule has 0 bridgehead atoms. The molecule has 4 heteroatoms. The van der Waals surface area contributed by atoms with E-state index in [4.69, 9.17) is 9.47 Å². The van der Waals surface area contributed by atoms with Crippen molar-refractivity contribution in [2.24, 2.45) is 0 Å². The molecule has 54 heavy (non-hydrogen) atoms. The largest absolute Gasteiger partial charge is 0.493 e. The van der Waals surface area contributed by atoms with E-state index in [0.717, 1.165) is 47.8 Å². The first-order chi connectivity index (χ1) is 26.8. The summed E-state index contributed by atoms with van der Waals surface area (Å²) in [6.45, 7) is 1.26. The van der Waals surface area contributed by atoms with Gasteiger partial charge in [-0.1, -0.05) is 182 Å². The summed E-state index contributed by atoms with van der Waals surface area (Å²) in [7, 11) is -0.964. The van der Waals surface area contributed by atoms with Crippen LogP contribution in [0.15, 0.2) is 194 Å². The third kappa shape index (κ3) is 8.27. The van der Waals surface area contributed by atoms with Gasteiger partial charge in [0.15, 0.2) is 0 Å². The Bertz CT molecular complexity index is 2150. The summed E-state index contributed by atoms with van der Waals surface area (Å²) in [6, 6.07) is 69.8. The lowest BCUT2D eigenvalue weighted by atomic mass is 9.92. The van der Waals surface area contributed by atoms with E-state index in [0.29, 0.717) is 13.2 Å². The van der Waals surface area contributed by atoms with Crippen LogP contribution < -0.4 is 30.7 Å². The zero-order valence-electron chi connectivity index (χ0n) is 30.4. The third-order valence-electron chi connectivity index (χ3n) is 9.87. The summed E-state index contributed by atoms with van der Waals surface area (Å²) >= 11 is 0. The fourth-order valence-corrected chi connectivity index (χ4v) is 12.0. The highest BCUT2D eigenvalue weighted by Crippen LogP contribution is 2.46. The topological polar surface area (TPSA) is 18.5 Å². The highest BCUT2D eigenvalue weighted by molar-refractivity contribution is 7.73. The van der Waals surface area contributed by atoms with Crippen molar-refractivity contribution < 1.29 is 9.47 Å². The van der Waals surface area contributed by atoms with Crippen molar-refractivity contribution in [3.8, 4) is 22.6 Å². The van der Waals surface area contributed by atoms with E-state index in [-0.39, 0.29) is 0 Å². The molecule has 8 rings (SSSR count). The van der Waals surface area contributed by atoms with Gasteiger partial charge in [-0.2, -0.15) is 0 Å². The summed E-state index contributed by atoms with van der Waals surface area (Å²) in [5.41, 5.74) is 2.20. The summed E-state index contributed by atoms with van der Waals surface area (Å²) in [6.07, 6.45) is 4.02. The minimum absolute atomic E-state index is 0.482. The first-order valence-corrected chi connectivity index (χ1v) is 21.9. The number of benzene rings is 8. The Morgan fingerprint density at radius 3 is 0.981 bits per heavy atom. The van der Waals surface area contributed by atoms with Crippen LogP contribution in [-0.2, 0) is 0 Å². The Balaban J connectivity index is 1.08. The van der Waals surface area contributed by atoms with Crippen molar-refractivity contribution in [2.45, 2.75) is 12.8 Å². The molecule has 8 aromatic rings. The fraction of sp³-hybridized carbons (Fsp3) is 0.120. The van der Waals surface area contributed by atoms with Crippen LogP contribution in [0.1, 0.15) is 12.8 Å². The number of fused-ring (bicyclic) bond motifs is 2. The molecule has 266 valence electrons. The van der Waals surface area contributed by atoms with Crippen LogP contribution in [0, 0.1) is 0 Å². The van der Waals surface area contributed by atoms with Crippen molar-refractivity contribution in [1.82, 2.24) is 0 Å². The summed E-state index contributed by atoms with van der Waals surface area (Å²) in [4.78, 5) is 0. The van der Waals surface area contributed by atoms with E-state index in [1.54, 1.807) is 0 Å². The zero-order chi connectivity index (χ0) is 36.4. The van der Waals surface area contributed by atoms with Crippen LogP contribution >= 0.6 is 15.8 Å². The van der Waals surface area contributed by atoms with E-state index >= 15 is 0 Å². The monoisotopic (exact) mass is 738 g/mol. The molecule has 0 spiro atoms. The van der Waals surface area contributed by atoms with Gasteiger partial charge < -0.3 is 9.47 Å². The van der Waals surface area contributed by atoms with Crippen LogP contribution in [0.3, 0.4) is 0 Å². The second-order valence-corrected chi connectivity index (χ2v) is 18.0. The smallest absolute Gasteiger partial charge is 0.127 e. The molecule has 0 aliphatic rings. The van der Waals surface area contributed by atoms with E-state index in [1.165, 1.54) is 42.8 Å². The third-order valence-corrected chi connectivity index (χ3v) is 15.1. The standard InChI is InChI=1S/C50H44O2P2/c1-5-21-41(22-6-1)53(42-23-7-2-8-24-42)37-17-35-51-47-33-31-39-19-13-15-29-45(39)49(47)50-46-30-16-14-20-40(46)32-34-48(50)52-36-18-38-54(43-25-9-3-10-26-43)44-27-11-4-12-28-44/h1-16,19-34H,17-18,35-38H2. The Morgan fingerprint density at radius 2 is 0.630 bits per heavy atom. The van der Waals surface area contributed by atoms with Crippen LogP contribution in [-0.4, -0.2) is 25.5 Å². The molecular formula is C50H44O2P2. The lowest BCUT2D eigenvalue weighted by Gasteiger charge is -2.22. The maximum Gasteiger partial charge on any atom is 0.127 e. The second kappa shape index (κ2) is 17.7. The average molecular weight is 739 g/mol. The summed E-state index contributed by atoms with van der Waals surface area (Å²) < 4.78 is 13.7. The van der Waals surface area contributed by atoms with E-state index < -0.39 is 15.8 Å². The van der Waals surface area contributed by atoms with Gasteiger partial charge >= 0.3 is 0 Å². The Labute approximate surface area is 321 Å². The minimum Gasteiger partial charge on any atom is -0.493 e. The quantitative estimate of drug-likeness (QED) is 0.0770. The second-order valence-electron chi connectivity index (χ2n) is 13.4. The van der Waals surface area contributed by atoms with Gasteiger partial charge in [0.2, 0.25) is 0 Å². The molecule has 0 saturated heterocycles. The Kier molecular flexibility index (Phi) is 11.7. The van der Waals surface area contributed by atoms with Crippen molar-refractivity contribution in [1.29, 1.82) is 0 Å². The molecule has 0 saturated carbocycles. The van der Waals surface area contributed by atoms with E-state index in [9.17, 15) is 0 Å². The molecule has 0 amide bonds. The molecule has 0 atom stereocenters. The van der Waals surface area contributed by atoms with Crippen LogP contribution in [0.2, 0.25) is 0 Å². The van der Waals surface area contributed by atoms with Crippen molar-refractivity contribution in [2.75, 3.05) is 25.5 Å². The molecule has 0 fully saturated rings. The first-order valence-electron chi connectivity index (χ1n) is 18.9. The molecule has 0 heterocycles.